The second-order valence-electron chi connectivity index (χ2n) is 8.40. The van der Waals surface area contributed by atoms with Gasteiger partial charge in [0.05, 0.1) is 22.3 Å². The Kier molecular flexibility index (Phi) is 4.93. The van der Waals surface area contributed by atoms with Crippen LogP contribution < -0.4 is 10.2 Å². The predicted molar refractivity (Wildman–Crippen MR) is 116 cm³/mol. The minimum absolute atomic E-state index is 0.0173. The van der Waals surface area contributed by atoms with Crippen LogP contribution in [0.4, 0.5) is 10.1 Å². The molecule has 8 heteroatoms. The Morgan fingerprint density at radius 3 is 2.77 bits per heavy atom. The van der Waals surface area contributed by atoms with Crippen molar-refractivity contribution >= 4 is 34.7 Å². The van der Waals surface area contributed by atoms with E-state index in [2.05, 4.69) is 10.3 Å². The number of hydrogen-bond donors (Lipinski definition) is 1. The van der Waals surface area contributed by atoms with Crippen LogP contribution in [0.2, 0.25) is 5.02 Å². The molecule has 3 heterocycles. The van der Waals surface area contributed by atoms with Crippen LogP contribution in [-0.4, -0.2) is 33.8 Å². The highest BCUT2D eigenvalue weighted by molar-refractivity contribution is 6.34. The van der Waals surface area contributed by atoms with Gasteiger partial charge in [0.1, 0.15) is 17.2 Å². The van der Waals surface area contributed by atoms with Crippen LogP contribution in [0.3, 0.4) is 0 Å². The summed E-state index contributed by atoms with van der Waals surface area (Å²) in [5.74, 6) is -0.526. The van der Waals surface area contributed by atoms with Crippen LogP contribution in [0.15, 0.2) is 48.8 Å². The number of fused-ring (bicyclic) bond motifs is 1. The van der Waals surface area contributed by atoms with Crippen molar-refractivity contribution in [1.82, 2.24) is 14.7 Å². The van der Waals surface area contributed by atoms with Crippen molar-refractivity contribution in [3.8, 4) is 0 Å². The molecule has 2 aromatic heterocycles. The molecule has 1 saturated carbocycles. The van der Waals surface area contributed by atoms with Crippen molar-refractivity contribution < 1.29 is 14.0 Å². The van der Waals surface area contributed by atoms with E-state index in [1.54, 1.807) is 21.6 Å². The minimum atomic E-state index is -0.428. The van der Waals surface area contributed by atoms with Gasteiger partial charge in [0.15, 0.2) is 0 Å². The lowest BCUT2D eigenvalue weighted by Crippen LogP contribution is -2.44. The van der Waals surface area contributed by atoms with E-state index in [-0.39, 0.29) is 22.9 Å². The first-order chi connectivity index (χ1) is 15.0. The zero-order valence-electron chi connectivity index (χ0n) is 16.9. The van der Waals surface area contributed by atoms with E-state index in [4.69, 9.17) is 11.6 Å². The molecule has 0 radical (unpaired) electrons. The summed E-state index contributed by atoms with van der Waals surface area (Å²) in [7, 11) is 0. The third kappa shape index (κ3) is 3.47. The first-order valence-electron chi connectivity index (χ1n) is 10.5. The van der Waals surface area contributed by atoms with Crippen molar-refractivity contribution in [2.45, 2.75) is 38.1 Å². The maximum absolute atomic E-state index is 13.4. The average molecular weight is 441 g/mol. The molecule has 31 heavy (non-hydrogen) atoms. The highest BCUT2D eigenvalue weighted by Crippen LogP contribution is 2.47. The minimum Gasteiger partial charge on any atom is -0.348 e. The molecule has 3 aromatic rings. The number of nitrogens with zero attached hydrogens (tertiary/aromatic N) is 3. The summed E-state index contributed by atoms with van der Waals surface area (Å²) >= 11 is 6.18. The van der Waals surface area contributed by atoms with Gasteiger partial charge in [-0.3, -0.25) is 14.0 Å². The lowest BCUT2D eigenvalue weighted by molar-refractivity contribution is -0.127. The number of aromatic nitrogens is 2. The third-order valence-electron chi connectivity index (χ3n) is 6.64. The number of anilines is 1. The summed E-state index contributed by atoms with van der Waals surface area (Å²) in [5.41, 5.74) is 1.37. The zero-order chi connectivity index (χ0) is 21.6. The van der Waals surface area contributed by atoms with E-state index in [1.807, 2.05) is 24.4 Å². The fraction of sp³-hybridized carbons (Fsp3) is 0.348. The summed E-state index contributed by atoms with van der Waals surface area (Å²) in [6.45, 7) is 0.572. The molecule has 1 saturated heterocycles. The fourth-order valence-corrected chi connectivity index (χ4v) is 5.16. The van der Waals surface area contributed by atoms with Crippen molar-refractivity contribution in [2.75, 3.05) is 11.4 Å². The first-order valence-corrected chi connectivity index (χ1v) is 10.8. The van der Waals surface area contributed by atoms with Gasteiger partial charge in [-0.25, -0.2) is 9.37 Å². The number of carbonyl (C=O) groups is 2. The van der Waals surface area contributed by atoms with Gasteiger partial charge >= 0.3 is 0 Å². The number of halogens is 2. The van der Waals surface area contributed by atoms with Gasteiger partial charge in [-0.15, -0.1) is 0 Å². The van der Waals surface area contributed by atoms with Gasteiger partial charge in [-0.05, 0) is 62.4 Å². The smallest absolute Gasteiger partial charge is 0.270 e. The Morgan fingerprint density at radius 1 is 1.19 bits per heavy atom. The second-order valence-corrected chi connectivity index (χ2v) is 8.81. The number of hydrogen-bond acceptors (Lipinski definition) is 3. The van der Waals surface area contributed by atoms with Crippen molar-refractivity contribution in [3.05, 3.63) is 65.3 Å². The van der Waals surface area contributed by atoms with Crippen molar-refractivity contribution in [1.29, 1.82) is 0 Å². The van der Waals surface area contributed by atoms with E-state index >= 15 is 0 Å². The number of amides is 2. The molecule has 2 fully saturated rings. The molecule has 5 rings (SSSR count). The Hall–Kier alpha value is -2.93. The van der Waals surface area contributed by atoms with Gasteiger partial charge in [-0.2, -0.15) is 0 Å². The van der Waals surface area contributed by atoms with Gasteiger partial charge in [-0.1, -0.05) is 17.7 Å². The fourth-order valence-electron chi connectivity index (χ4n) is 4.89. The molecule has 0 unspecified atom stereocenters. The van der Waals surface area contributed by atoms with Crippen LogP contribution in [-0.2, 0) is 4.79 Å². The van der Waals surface area contributed by atoms with E-state index in [0.717, 1.165) is 24.9 Å². The van der Waals surface area contributed by atoms with Crippen LogP contribution in [0.1, 0.15) is 42.6 Å². The van der Waals surface area contributed by atoms with E-state index in [9.17, 15) is 14.0 Å². The van der Waals surface area contributed by atoms with Crippen LogP contribution in [0, 0.1) is 11.2 Å². The molecule has 1 N–H and O–H groups in total. The predicted octanol–water partition coefficient (Wildman–Crippen LogP) is 4.22. The molecular weight excluding hydrogens is 419 g/mol. The molecule has 1 aliphatic carbocycles. The van der Waals surface area contributed by atoms with Crippen LogP contribution in [0.25, 0.3) is 5.65 Å². The maximum Gasteiger partial charge on any atom is 0.270 e. The van der Waals surface area contributed by atoms with Gasteiger partial charge < -0.3 is 10.2 Å². The number of imidazole rings is 1. The Morgan fingerprint density at radius 2 is 2.00 bits per heavy atom. The molecule has 160 valence electrons. The maximum atomic E-state index is 13.4. The number of pyridine rings is 1. The lowest BCUT2D eigenvalue weighted by atomic mass is 9.71. The highest BCUT2D eigenvalue weighted by Gasteiger charge is 2.49. The standard InChI is InChI=1S/C23H22ClFN4O2/c24-17-13-15(25)4-5-18(17)29-12-10-23(22(29)31)8-6-16(7-9-23)27-21(30)19-14-26-20-3-1-2-11-28(19)20/h1-5,11,13-14,16H,6-10,12H2,(H,27,30). The monoisotopic (exact) mass is 440 g/mol. The van der Waals surface area contributed by atoms with Crippen LogP contribution >= 0.6 is 11.6 Å². The molecule has 0 bridgehead atoms. The molecule has 1 aliphatic heterocycles. The molecule has 0 atom stereocenters. The van der Waals surface area contributed by atoms with Gasteiger partial charge in [0.2, 0.25) is 5.91 Å². The summed E-state index contributed by atoms with van der Waals surface area (Å²) in [6.07, 6.45) is 7.03. The van der Waals surface area contributed by atoms with Crippen molar-refractivity contribution in [3.63, 3.8) is 0 Å². The summed E-state index contributed by atoms with van der Waals surface area (Å²) < 4.78 is 15.2. The second kappa shape index (κ2) is 7.64. The molecule has 6 nitrogen and oxygen atoms in total. The van der Waals surface area contributed by atoms with Crippen molar-refractivity contribution in [2.24, 2.45) is 5.41 Å². The van der Waals surface area contributed by atoms with E-state index < -0.39 is 11.2 Å². The third-order valence-corrected chi connectivity index (χ3v) is 6.94. The van der Waals surface area contributed by atoms with Crippen LogP contribution in [0.5, 0.6) is 0 Å². The molecule has 1 aromatic carbocycles. The topological polar surface area (TPSA) is 66.7 Å². The molecule has 2 aliphatic rings. The summed E-state index contributed by atoms with van der Waals surface area (Å²) in [4.78, 5) is 32.0. The quantitative estimate of drug-likeness (QED) is 0.663. The van der Waals surface area contributed by atoms with E-state index in [1.165, 1.54) is 12.1 Å². The highest BCUT2D eigenvalue weighted by atomic mass is 35.5. The Labute approximate surface area is 184 Å². The average Bonchev–Trinajstić information content (AvgIpc) is 3.33. The summed E-state index contributed by atoms with van der Waals surface area (Å²) in [6, 6.07) is 9.74. The largest absolute Gasteiger partial charge is 0.348 e. The number of rotatable bonds is 3. The van der Waals surface area contributed by atoms with Gasteiger partial charge in [0, 0.05) is 18.8 Å². The zero-order valence-corrected chi connectivity index (χ0v) is 17.6. The lowest BCUT2D eigenvalue weighted by Gasteiger charge is -2.36. The number of benzene rings is 1. The molecule has 2 amide bonds. The van der Waals surface area contributed by atoms with Gasteiger partial charge in [0.25, 0.3) is 5.91 Å². The number of carbonyl (C=O) groups excluding carboxylic acids is 2. The van der Waals surface area contributed by atoms with E-state index in [0.29, 0.717) is 30.8 Å². The number of nitrogens with one attached hydrogen (secondary N) is 1. The first kappa shape index (κ1) is 20.0. The Bertz CT molecular complexity index is 1170. The normalized spacial score (nSPS) is 23.6. The molecule has 1 spiro atoms. The SMILES string of the molecule is O=C(NC1CCC2(CC1)CCN(c1ccc(F)cc1Cl)C2=O)c1cnc2ccccn12. The Balaban J connectivity index is 1.25. The molecular formula is C23H22ClFN4O2. The summed E-state index contributed by atoms with van der Waals surface area (Å²) in [5, 5.41) is 3.35.